The Labute approximate surface area is 157 Å². The van der Waals surface area contributed by atoms with E-state index in [4.69, 9.17) is 14.6 Å². The van der Waals surface area contributed by atoms with Crippen LogP contribution in [0.15, 0.2) is 6.07 Å². The monoisotopic (exact) mass is 366 g/mol. The van der Waals surface area contributed by atoms with E-state index in [1.807, 2.05) is 0 Å². The van der Waals surface area contributed by atoms with Crippen molar-refractivity contribution in [3.8, 4) is 17.2 Å². The summed E-state index contributed by atoms with van der Waals surface area (Å²) < 4.78 is 10.7. The molecule has 0 aliphatic heterocycles. The van der Waals surface area contributed by atoms with Gasteiger partial charge >= 0.3 is 6.16 Å². The van der Waals surface area contributed by atoms with Crippen LogP contribution < -0.4 is 9.47 Å². The molecule has 0 aliphatic carbocycles. The Morgan fingerprint density at radius 3 is 2.23 bits per heavy atom. The molecule has 5 heteroatoms. The Morgan fingerprint density at radius 2 is 1.62 bits per heavy atom. The van der Waals surface area contributed by atoms with Gasteiger partial charge in [0.15, 0.2) is 11.5 Å². The van der Waals surface area contributed by atoms with Gasteiger partial charge in [-0.15, -0.1) is 0 Å². The number of carbonyl (C=O) groups is 1. The highest BCUT2D eigenvalue weighted by atomic mass is 16.7. The van der Waals surface area contributed by atoms with Gasteiger partial charge in [0.2, 0.25) is 5.75 Å². The molecule has 0 saturated heterocycles. The molecule has 0 fully saturated rings. The van der Waals surface area contributed by atoms with Gasteiger partial charge in [-0.05, 0) is 30.9 Å². The third kappa shape index (κ3) is 7.14. The number of carboxylic acid groups (broad SMARTS) is 1. The molecular formula is C21H34O5. The van der Waals surface area contributed by atoms with E-state index < -0.39 is 6.16 Å². The van der Waals surface area contributed by atoms with Gasteiger partial charge in [-0.3, -0.25) is 0 Å². The summed E-state index contributed by atoms with van der Waals surface area (Å²) in [4.78, 5) is 10.9. The Bertz CT molecular complexity index is 554. The van der Waals surface area contributed by atoms with Crippen LogP contribution in [0.25, 0.3) is 0 Å². The van der Waals surface area contributed by atoms with E-state index in [1.165, 1.54) is 25.7 Å². The van der Waals surface area contributed by atoms with Crippen molar-refractivity contribution in [2.45, 2.75) is 85.0 Å². The van der Waals surface area contributed by atoms with Gasteiger partial charge in [0, 0.05) is 5.56 Å². The summed E-state index contributed by atoms with van der Waals surface area (Å²) in [5, 5.41) is 19.4. The molecule has 5 nitrogen and oxygen atoms in total. The van der Waals surface area contributed by atoms with Crippen LogP contribution in [-0.2, 0) is 12.8 Å². The van der Waals surface area contributed by atoms with Crippen LogP contribution >= 0.6 is 0 Å². The van der Waals surface area contributed by atoms with E-state index in [1.54, 1.807) is 6.07 Å². The molecule has 148 valence electrons. The van der Waals surface area contributed by atoms with Crippen LogP contribution in [0.4, 0.5) is 4.79 Å². The van der Waals surface area contributed by atoms with Gasteiger partial charge in [-0.25, -0.2) is 4.79 Å². The molecule has 1 rings (SSSR count). The standard InChI is InChI=1S/C21H34O5/c1-4-7-8-9-10-11-14-25-20-17(13-6-3)16(12-5-2)15-18(19(20)22)26-21(23)24/h15,22H,4-14H2,1-3H3,(H,23,24). The fourth-order valence-corrected chi connectivity index (χ4v) is 3.11. The lowest BCUT2D eigenvalue weighted by atomic mass is 9.97. The zero-order valence-corrected chi connectivity index (χ0v) is 16.5. The number of ether oxygens (including phenoxy) is 2. The van der Waals surface area contributed by atoms with Crippen molar-refractivity contribution < 1.29 is 24.5 Å². The average Bonchev–Trinajstić information content (AvgIpc) is 2.60. The molecule has 0 aliphatic rings. The summed E-state index contributed by atoms with van der Waals surface area (Å²) in [6.45, 7) is 6.85. The first-order chi connectivity index (χ1) is 12.5. The number of aryl methyl sites for hydroxylation is 1. The largest absolute Gasteiger partial charge is 0.511 e. The molecule has 0 unspecified atom stereocenters. The Balaban J connectivity index is 2.93. The molecule has 0 radical (unpaired) electrons. The Hall–Kier alpha value is -1.91. The van der Waals surface area contributed by atoms with Gasteiger partial charge in [-0.1, -0.05) is 65.7 Å². The summed E-state index contributed by atoms with van der Waals surface area (Å²) >= 11 is 0. The van der Waals surface area contributed by atoms with Gasteiger partial charge in [-0.2, -0.15) is 0 Å². The maximum atomic E-state index is 10.9. The summed E-state index contributed by atoms with van der Waals surface area (Å²) in [5.41, 5.74) is 1.96. The van der Waals surface area contributed by atoms with Crippen molar-refractivity contribution in [3.63, 3.8) is 0 Å². The fraction of sp³-hybridized carbons (Fsp3) is 0.667. The van der Waals surface area contributed by atoms with Crippen molar-refractivity contribution >= 4 is 6.16 Å². The highest BCUT2D eigenvalue weighted by molar-refractivity contribution is 5.66. The zero-order chi connectivity index (χ0) is 19.4. The maximum absolute atomic E-state index is 10.9. The molecular weight excluding hydrogens is 332 g/mol. The van der Waals surface area contributed by atoms with Gasteiger partial charge in [0.05, 0.1) is 6.61 Å². The highest BCUT2D eigenvalue weighted by Gasteiger charge is 2.21. The molecule has 0 saturated carbocycles. The van der Waals surface area contributed by atoms with E-state index in [0.29, 0.717) is 12.4 Å². The van der Waals surface area contributed by atoms with E-state index in [-0.39, 0.29) is 11.5 Å². The first-order valence-electron chi connectivity index (χ1n) is 9.96. The molecule has 2 N–H and O–H groups in total. The average molecular weight is 366 g/mol. The SMILES string of the molecule is CCCCCCCCOc1c(O)c(OC(=O)O)cc(CCC)c1CCC. The molecule has 0 spiro atoms. The predicted octanol–water partition coefficient (Wildman–Crippen LogP) is 6.09. The van der Waals surface area contributed by atoms with Crippen LogP contribution in [0, 0.1) is 0 Å². The lowest BCUT2D eigenvalue weighted by Gasteiger charge is -2.19. The second-order valence-electron chi connectivity index (χ2n) is 6.67. The molecule has 0 aromatic heterocycles. The van der Waals surface area contributed by atoms with Crippen LogP contribution in [0.5, 0.6) is 17.2 Å². The predicted molar refractivity (Wildman–Crippen MR) is 104 cm³/mol. The number of unbranched alkanes of at least 4 members (excludes halogenated alkanes) is 5. The molecule has 1 aromatic rings. The number of aromatic hydroxyl groups is 1. The van der Waals surface area contributed by atoms with Crippen LogP contribution in [0.1, 0.15) is 83.3 Å². The first kappa shape index (κ1) is 22.1. The number of benzene rings is 1. The second kappa shape index (κ2) is 12.4. The van der Waals surface area contributed by atoms with Crippen LogP contribution in [0.2, 0.25) is 0 Å². The summed E-state index contributed by atoms with van der Waals surface area (Å²) in [7, 11) is 0. The molecule has 0 amide bonds. The van der Waals surface area contributed by atoms with Gasteiger partial charge in [0.1, 0.15) is 0 Å². The number of rotatable bonds is 13. The molecule has 26 heavy (non-hydrogen) atoms. The minimum absolute atomic E-state index is 0.0428. The second-order valence-corrected chi connectivity index (χ2v) is 6.67. The first-order valence-corrected chi connectivity index (χ1v) is 9.96. The third-order valence-corrected chi connectivity index (χ3v) is 4.38. The van der Waals surface area contributed by atoms with Crippen LogP contribution in [0.3, 0.4) is 0 Å². The zero-order valence-electron chi connectivity index (χ0n) is 16.5. The maximum Gasteiger partial charge on any atom is 0.511 e. The lowest BCUT2D eigenvalue weighted by molar-refractivity contribution is 0.142. The van der Waals surface area contributed by atoms with Crippen molar-refractivity contribution in [1.29, 1.82) is 0 Å². The minimum atomic E-state index is -1.44. The van der Waals surface area contributed by atoms with Crippen molar-refractivity contribution in [2.75, 3.05) is 6.61 Å². The van der Waals surface area contributed by atoms with E-state index >= 15 is 0 Å². The highest BCUT2D eigenvalue weighted by Crippen LogP contribution is 2.42. The molecule has 0 bridgehead atoms. The topological polar surface area (TPSA) is 76.0 Å². The third-order valence-electron chi connectivity index (χ3n) is 4.38. The minimum Gasteiger partial charge on any atom is -0.502 e. The van der Waals surface area contributed by atoms with E-state index in [2.05, 4.69) is 20.8 Å². The van der Waals surface area contributed by atoms with Crippen molar-refractivity contribution in [3.05, 3.63) is 17.2 Å². The Kier molecular flexibility index (Phi) is 10.6. The molecule has 1 aromatic carbocycles. The fourth-order valence-electron chi connectivity index (χ4n) is 3.11. The lowest BCUT2D eigenvalue weighted by Crippen LogP contribution is -2.08. The van der Waals surface area contributed by atoms with E-state index in [0.717, 1.165) is 49.7 Å². The normalized spacial score (nSPS) is 10.7. The van der Waals surface area contributed by atoms with Gasteiger partial charge < -0.3 is 19.7 Å². The number of hydrogen-bond donors (Lipinski definition) is 2. The van der Waals surface area contributed by atoms with Crippen molar-refractivity contribution in [1.82, 2.24) is 0 Å². The van der Waals surface area contributed by atoms with Gasteiger partial charge in [0.25, 0.3) is 0 Å². The molecule has 0 heterocycles. The van der Waals surface area contributed by atoms with Crippen molar-refractivity contribution in [2.24, 2.45) is 0 Å². The van der Waals surface area contributed by atoms with Crippen LogP contribution in [-0.4, -0.2) is 23.0 Å². The van der Waals surface area contributed by atoms with E-state index in [9.17, 15) is 9.90 Å². The number of phenolic OH excluding ortho intramolecular Hbond substituents is 1. The summed E-state index contributed by atoms with van der Waals surface area (Å²) in [6.07, 6.45) is 8.90. The molecule has 0 atom stereocenters. The number of phenols is 1. The summed E-state index contributed by atoms with van der Waals surface area (Å²) in [6, 6.07) is 1.63. The number of hydrogen-bond acceptors (Lipinski definition) is 4. The summed E-state index contributed by atoms with van der Waals surface area (Å²) in [5.74, 6) is 0.142. The quantitative estimate of drug-likeness (QED) is 0.251. The Morgan fingerprint density at radius 1 is 0.962 bits per heavy atom. The smallest absolute Gasteiger partial charge is 0.502 e.